The van der Waals surface area contributed by atoms with Gasteiger partial charge in [-0.1, -0.05) is 18.2 Å². The molecule has 7 nitrogen and oxygen atoms in total. The summed E-state index contributed by atoms with van der Waals surface area (Å²) in [5.74, 6) is -0.445. The Morgan fingerprint density at radius 2 is 1.94 bits per heavy atom. The predicted octanol–water partition coefficient (Wildman–Crippen LogP) is 3.37. The summed E-state index contributed by atoms with van der Waals surface area (Å²) in [6, 6.07) is 15.4. The lowest BCUT2D eigenvalue weighted by Crippen LogP contribution is -2.36. The zero-order chi connectivity index (χ0) is 21.6. The van der Waals surface area contributed by atoms with Gasteiger partial charge in [0, 0.05) is 43.7 Å². The minimum atomic E-state index is -0.445. The zero-order valence-corrected chi connectivity index (χ0v) is 16.9. The fourth-order valence-electron chi connectivity index (χ4n) is 3.39. The SMILES string of the molecule is N=CCC(=Nc1ccccc1)c1nn(-c2ccc(N3CCOCC3)cc2F)ccc1=O. The molecule has 1 saturated heterocycles. The van der Waals surface area contributed by atoms with Gasteiger partial charge >= 0.3 is 0 Å². The van der Waals surface area contributed by atoms with Crippen LogP contribution in [-0.2, 0) is 4.74 Å². The molecule has 2 heterocycles. The van der Waals surface area contributed by atoms with Gasteiger partial charge in [0.15, 0.2) is 11.5 Å². The third-order valence-electron chi connectivity index (χ3n) is 4.95. The number of nitrogens with one attached hydrogen (secondary N) is 1. The summed E-state index contributed by atoms with van der Waals surface area (Å²) in [5.41, 5.74) is 1.76. The molecule has 1 fully saturated rings. The second-order valence-electron chi connectivity index (χ2n) is 7.01. The van der Waals surface area contributed by atoms with Gasteiger partial charge in [0.2, 0.25) is 5.43 Å². The number of hydrogen-bond acceptors (Lipinski definition) is 6. The molecule has 0 aliphatic carbocycles. The van der Waals surface area contributed by atoms with Crippen LogP contribution in [0.1, 0.15) is 12.1 Å². The first-order valence-corrected chi connectivity index (χ1v) is 10.0. The first-order chi connectivity index (χ1) is 15.2. The molecule has 1 aliphatic heterocycles. The van der Waals surface area contributed by atoms with Crippen molar-refractivity contribution in [2.24, 2.45) is 4.99 Å². The minimum Gasteiger partial charge on any atom is -0.378 e. The van der Waals surface area contributed by atoms with Crippen molar-refractivity contribution in [2.75, 3.05) is 31.2 Å². The van der Waals surface area contributed by atoms with Gasteiger partial charge in [-0.05, 0) is 30.3 Å². The lowest BCUT2D eigenvalue weighted by atomic mass is 10.2. The molecule has 0 atom stereocenters. The normalized spacial score (nSPS) is 14.5. The Balaban J connectivity index is 1.71. The number of halogens is 1. The van der Waals surface area contributed by atoms with E-state index in [1.807, 2.05) is 24.3 Å². The number of rotatable bonds is 6. The van der Waals surface area contributed by atoms with E-state index in [2.05, 4.69) is 15.0 Å². The lowest BCUT2D eigenvalue weighted by Gasteiger charge is -2.29. The summed E-state index contributed by atoms with van der Waals surface area (Å²) < 4.78 is 21.6. The maximum atomic E-state index is 15.0. The van der Waals surface area contributed by atoms with Crippen molar-refractivity contribution in [1.29, 1.82) is 5.41 Å². The Morgan fingerprint density at radius 1 is 1.16 bits per heavy atom. The molecular weight excluding hydrogens is 397 g/mol. The summed E-state index contributed by atoms with van der Waals surface area (Å²) >= 11 is 0. The molecular formula is C23H22FN5O2. The second-order valence-corrected chi connectivity index (χ2v) is 7.01. The first kappa shape index (κ1) is 20.6. The molecule has 31 heavy (non-hydrogen) atoms. The standard InChI is InChI=1S/C23H22FN5O2/c24-19-16-18(28-12-14-31-15-13-28)6-7-21(19)29-11-9-22(30)23(27-29)20(8-10-25)26-17-4-2-1-3-5-17/h1-7,9-11,16,25H,8,12-15H2. The molecule has 4 rings (SSSR count). The summed E-state index contributed by atoms with van der Waals surface area (Å²) in [6.45, 7) is 2.65. The number of nitrogens with zero attached hydrogens (tertiary/aromatic N) is 4. The van der Waals surface area contributed by atoms with Crippen LogP contribution in [0.5, 0.6) is 0 Å². The average molecular weight is 419 g/mol. The number of benzene rings is 2. The number of hydrogen-bond donors (Lipinski definition) is 1. The van der Waals surface area contributed by atoms with Gasteiger partial charge < -0.3 is 15.0 Å². The van der Waals surface area contributed by atoms with Crippen molar-refractivity contribution < 1.29 is 9.13 Å². The highest BCUT2D eigenvalue weighted by molar-refractivity contribution is 6.06. The molecule has 0 unspecified atom stereocenters. The number of para-hydroxylation sites is 1. The van der Waals surface area contributed by atoms with Gasteiger partial charge in [-0.3, -0.25) is 9.79 Å². The Hall–Kier alpha value is -3.65. The molecule has 1 N–H and O–H groups in total. The van der Waals surface area contributed by atoms with Gasteiger partial charge in [0.25, 0.3) is 0 Å². The van der Waals surface area contributed by atoms with Crippen molar-refractivity contribution in [3.8, 4) is 5.69 Å². The molecule has 158 valence electrons. The highest BCUT2D eigenvalue weighted by atomic mass is 19.1. The number of ether oxygens (including phenoxy) is 1. The van der Waals surface area contributed by atoms with Gasteiger partial charge in [-0.15, -0.1) is 0 Å². The minimum absolute atomic E-state index is 0.0894. The Morgan fingerprint density at radius 3 is 2.65 bits per heavy atom. The largest absolute Gasteiger partial charge is 0.378 e. The first-order valence-electron chi connectivity index (χ1n) is 10.0. The lowest BCUT2D eigenvalue weighted by molar-refractivity contribution is 0.122. The van der Waals surface area contributed by atoms with E-state index in [0.29, 0.717) is 37.7 Å². The van der Waals surface area contributed by atoms with Gasteiger partial charge in [-0.2, -0.15) is 5.10 Å². The highest BCUT2D eigenvalue weighted by Gasteiger charge is 2.16. The van der Waals surface area contributed by atoms with Gasteiger partial charge in [-0.25, -0.2) is 9.07 Å². The molecule has 2 aromatic carbocycles. The Bertz CT molecular complexity index is 1150. The number of anilines is 1. The molecule has 0 radical (unpaired) electrons. The van der Waals surface area contributed by atoms with Crippen molar-refractivity contribution in [3.63, 3.8) is 0 Å². The summed E-state index contributed by atoms with van der Waals surface area (Å²) in [7, 11) is 0. The van der Waals surface area contributed by atoms with Crippen molar-refractivity contribution in [3.05, 3.63) is 82.5 Å². The molecule has 0 bridgehead atoms. The van der Waals surface area contributed by atoms with E-state index < -0.39 is 5.82 Å². The quantitative estimate of drug-likeness (QED) is 0.621. The molecule has 3 aromatic rings. The Labute approximate surface area is 178 Å². The van der Waals surface area contributed by atoms with Crippen LogP contribution in [0.3, 0.4) is 0 Å². The van der Waals surface area contributed by atoms with Crippen LogP contribution in [0.25, 0.3) is 5.69 Å². The van der Waals surface area contributed by atoms with Crippen molar-refractivity contribution >= 4 is 23.3 Å². The maximum Gasteiger partial charge on any atom is 0.209 e. The van der Waals surface area contributed by atoms with Crippen LogP contribution in [0.15, 0.2) is 70.6 Å². The van der Waals surface area contributed by atoms with Crippen molar-refractivity contribution in [1.82, 2.24) is 9.78 Å². The fraction of sp³-hybridized carbons (Fsp3) is 0.217. The van der Waals surface area contributed by atoms with Gasteiger partial charge in [0.1, 0.15) is 5.69 Å². The molecule has 0 spiro atoms. The predicted molar refractivity (Wildman–Crippen MR) is 119 cm³/mol. The molecule has 0 saturated carbocycles. The van der Waals surface area contributed by atoms with Crippen LogP contribution >= 0.6 is 0 Å². The van der Waals surface area contributed by atoms with Gasteiger partial charge in [0.05, 0.1) is 24.6 Å². The van der Waals surface area contributed by atoms with E-state index in [-0.39, 0.29) is 23.2 Å². The average Bonchev–Trinajstić information content (AvgIpc) is 2.80. The monoisotopic (exact) mass is 419 g/mol. The third kappa shape index (κ3) is 4.75. The fourth-order valence-corrected chi connectivity index (χ4v) is 3.39. The number of morpholine rings is 1. The van der Waals surface area contributed by atoms with Crippen LogP contribution in [0.4, 0.5) is 15.8 Å². The van der Waals surface area contributed by atoms with E-state index >= 15 is 0 Å². The van der Waals surface area contributed by atoms with E-state index in [1.54, 1.807) is 18.2 Å². The Kier molecular flexibility index (Phi) is 6.28. The summed E-state index contributed by atoms with van der Waals surface area (Å²) in [6.07, 6.45) is 2.74. The van der Waals surface area contributed by atoms with Crippen LogP contribution in [0.2, 0.25) is 0 Å². The van der Waals surface area contributed by atoms with Crippen LogP contribution < -0.4 is 10.3 Å². The highest BCUT2D eigenvalue weighted by Crippen LogP contribution is 2.22. The smallest absolute Gasteiger partial charge is 0.209 e. The van der Waals surface area contributed by atoms with E-state index in [1.165, 1.54) is 23.0 Å². The van der Waals surface area contributed by atoms with E-state index in [4.69, 9.17) is 10.1 Å². The maximum absolute atomic E-state index is 15.0. The second kappa shape index (κ2) is 9.44. The molecule has 1 aromatic heterocycles. The zero-order valence-electron chi connectivity index (χ0n) is 16.9. The summed E-state index contributed by atoms with van der Waals surface area (Å²) in [5, 5.41) is 11.8. The number of aromatic nitrogens is 2. The van der Waals surface area contributed by atoms with Crippen molar-refractivity contribution in [2.45, 2.75) is 6.42 Å². The summed E-state index contributed by atoms with van der Waals surface area (Å²) in [4.78, 5) is 19.1. The van der Waals surface area contributed by atoms with E-state index in [9.17, 15) is 9.18 Å². The number of aliphatic imine (C=N–C) groups is 1. The molecule has 1 aliphatic rings. The third-order valence-corrected chi connectivity index (χ3v) is 4.95. The topological polar surface area (TPSA) is 83.6 Å². The molecule has 8 heteroatoms. The molecule has 0 amide bonds. The van der Waals surface area contributed by atoms with E-state index in [0.717, 1.165) is 11.9 Å². The van der Waals surface area contributed by atoms with Crippen LogP contribution in [0, 0.1) is 11.2 Å². The van der Waals surface area contributed by atoms with Crippen LogP contribution in [-0.4, -0.2) is 48.0 Å².